The Hall–Kier alpha value is -0.850. The van der Waals surface area contributed by atoms with Crippen LogP contribution in [0, 0.1) is 10.6 Å². The van der Waals surface area contributed by atoms with Gasteiger partial charge in [0.05, 0.1) is 0 Å². The van der Waals surface area contributed by atoms with E-state index in [1.165, 1.54) is 0 Å². The summed E-state index contributed by atoms with van der Waals surface area (Å²) in [6.45, 7) is 1.54. The molecule has 1 N–H and O–H groups in total. The molecule has 0 atom stereocenters. The van der Waals surface area contributed by atoms with Gasteiger partial charge in [-0.25, -0.2) is 9.78 Å². The second-order valence-corrected chi connectivity index (χ2v) is 3.51. The van der Waals surface area contributed by atoms with Gasteiger partial charge in [-0.05, 0) is 41.1 Å². The summed E-state index contributed by atoms with van der Waals surface area (Å²) in [6, 6.07) is 1.76. The number of hydrogen-bond donors (Lipinski definition) is 1. The largest absolute Gasteiger partial charge is 0.479 e. The standard InChI is InChI=1S/C8H8INO3/c1-5-2-6(8(9)10-3-5)13-4-7(11)12/h2-3H,4H2,1H3,(H,11,12). The Labute approximate surface area is 89.1 Å². The number of hydrogen-bond acceptors (Lipinski definition) is 3. The van der Waals surface area contributed by atoms with Gasteiger partial charge in [-0.2, -0.15) is 0 Å². The normalized spacial score (nSPS) is 9.69. The Kier molecular flexibility index (Phi) is 3.47. The molecule has 0 radical (unpaired) electrons. The first-order chi connectivity index (χ1) is 6.09. The molecule has 0 fully saturated rings. The number of halogens is 1. The molecule has 0 aromatic carbocycles. The van der Waals surface area contributed by atoms with Crippen molar-refractivity contribution in [2.75, 3.05) is 6.61 Å². The van der Waals surface area contributed by atoms with E-state index in [1.54, 1.807) is 12.3 Å². The number of aromatic nitrogens is 1. The number of rotatable bonds is 3. The van der Waals surface area contributed by atoms with Crippen molar-refractivity contribution in [1.29, 1.82) is 0 Å². The minimum Gasteiger partial charge on any atom is -0.479 e. The summed E-state index contributed by atoms with van der Waals surface area (Å²) >= 11 is 1.99. The van der Waals surface area contributed by atoms with Crippen LogP contribution in [-0.4, -0.2) is 22.7 Å². The summed E-state index contributed by atoms with van der Waals surface area (Å²) in [5, 5.41) is 8.39. The highest BCUT2D eigenvalue weighted by molar-refractivity contribution is 14.1. The van der Waals surface area contributed by atoms with Crippen LogP contribution in [0.3, 0.4) is 0 Å². The van der Waals surface area contributed by atoms with Gasteiger partial charge in [-0.1, -0.05) is 0 Å². The maximum atomic E-state index is 10.2. The first kappa shape index (κ1) is 10.2. The number of carboxylic acids is 1. The highest BCUT2D eigenvalue weighted by Crippen LogP contribution is 2.18. The van der Waals surface area contributed by atoms with Crippen molar-refractivity contribution in [1.82, 2.24) is 4.98 Å². The lowest BCUT2D eigenvalue weighted by atomic mass is 10.3. The molecule has 0 saturated heterocycles. The minimum absolute atomic E-state index is 0.332. The molecule has 0 aliphatic heterocycles. The fourth-order valence-corrected chi connectivity index (χ4v) is 1.22. The van der Waals surface area contributed by atoms with Crippen molar-refractivity contribution in [2.24, 2.45) is 0 Å². The quantitative estimate of drug-likeness (QED) is 0.677. The van der Waals surface area contributed by atoms with E-state index in [-0.39, 0.29) is 6.61 Å². The van der Waals surface area contributed by atoms with Crippen molar-refractivity contribution in [2.45, 2.75) is 6.92 Å². The van der Waals surface area contributed by atoms with Crippen LogP contribution >= 0.6 is 22.6 Å². The third-order valence-corrected chi connectivity index (χ3v) is 2.10. The van der Waals surface area contributed by atoms with Crippen LogP contribution in [0.5, 0.6) is 5.75 Å². The SMILES string of the molecule is Cc1cnc(I)c(OCC(=O)O)c1. The van der Waals surface area contributed by atoms with Gasteiger partial charge in [0.2, 0.25) is 0 Å². The van der Waals surface area contributed by atoms with Crippen LogP contribution in [-0.2, 0) is 4.79 Å². The molecule has 0 bridgehead atoms. The van der Waals surface area contributed by atoms with E-state index < -0.39 is 5.97 Å². The van der Waals surface area contributed by atoms with Gasteiger partial charge in [-0.15, -0.1) is 0 Å². The molecule has 1 rings (SSSR count). The average molecular weight is 293 g/mol. The molecule has 4 nitrogen and oxygen atoms in total. The van der Waals surface area contributed by atoms with Crippen molar-refractivity contribution < 1.29 is 14.6 Å². The predicted octanol–water partition coefficient (Wildman–Crippen LogP) is 1.46. The number of pyridine rings is 1. The predicted molar refractivity (Wildman–Crippen MR) is 54.8 cm³/mol. The van der Waals surface area contributed by atoms with Crippen LogP contribution in [0.4, 0.5) is 0 Å². The molecule has 0 unspecified atom stereocenters. The number of carboxylic acid groups (broad SMARTS) is 1. The smallest absolute Gasteiger partial charge is 0.341 e. The van der Waals surface area contributed by atoms with Gasteiger partial charge in [0.15, 0.2) is 12.4 Å². The van der Waals surface area contributed by atoms with Crippen molar-refractivity contribution in [3.8, 4) is 5.75 Å². The Bertz CT molecular complexity index is 327. The summed E-state index contributed by atoms with van der Waals surface area (Å²) < 4.78 is 5.68. The highest BCUT2D eigenvalue weighted by atomic mass is 127. The van der Waals surface area contributed by atoms with Crippen LogP contribution < -0.4 is 4.74 Å². The van der Waals surface area contributed by atoms with Gasteiger partial charge >= 0.3 is 5.97 Å². The van der Waals surface area contributed by atoms with E-state index >= 15 is 0 Å². The first-order valence-corrected chi connectivity index (χ1v) is 4.64. The zero-order valence-electron chi connectivity index (χ0n) is 6.95. The van der Waals surface area contributed by atoms with E-state index in [0.717, 1.165) is 5.56 Å². The monoisotopic (exact) mass is 293 g/mol. The second kappa shape index (κ2) is 4.40. The van der Waals surface area contributed by atoms with Crippen molar-refractivity contribution in [3.05, 3.63) is 21.5 Å². The van der Waals surface area contributed by atoms with Gasteiger partial charge in [0.1, 0.15) is 3.70 Å². The Balaban J connectivity index is 2.75. The topological polar surface area (TPSA) is 59.4 Å². The number of aryl methyl sites for hydroxylation is 1. The molecule has 0 spiro atoms. The van der Waals surface area contributed by atoms with Gasteiger partial charge in [-0.3, -0.25) is 0 Å². The summed E-state index contributed by atoms with van der Waals surface area (Å²) in [5.74, 6) is -0.472. The van der Waals surface area contributed by atoms with E-state index in [9.17, 15) is 4.79 Å². The van der Waals surface area contributed by atoms with Crippen LogP contribution in [0.25, 0.3) is 0 Å². The third-order valence-electron chi connectivity index (χ3n) is 1.29. The molecule has 70 valence electrons. The maximum absolute atomic E-state index is 10.2. The zero-order chi connectivity index (χ0) is 9.84. The number of carbonyl (C=O) groups is 1. The van der Waals surface area contributed by atoms with Gasteiger partial charge in [0.25, 0.3) is 0 Å². The van der Waals surface area contributed by atoms with E-state index in [2.05, 4.69) is 4.98 Å². The van der Waals surface area contributed by atoms with Crippen molar-refractivity contribution in [3.63, 3.8) is 0 Å². The number of ether oxygens (including phenoxy) is 1. The third kappa shape index (κ3) is 3.17. The Morgan fingerprint density at radius 2 is 2.46 bits per heavy atom. The Morgan fingerprint density at radius 1 is 1.77 bits per heavy atom. The van der Waals surface area contributed by atoms with Gasteiger partial charge in [0, 0.05) is 6.20 Å². The zero-order valence-corrected chi connectivity index (χ0v) is 9.11. The number of nitrogens with zero attached hydrogens (tertiary/aromatic N) is 1. The van der Waals surface area contributed by atoms with Gasteiger partial charge < -0.3 is 9.84 Å². The first-order valence-electron chi connectivity index (χ1n) is 3.56. The molecule has 0 saturated carbocycles. The van der Waals surface area contributed by atoms with E-state index in [1.807, 2.05) is 29.5 Å². The fraction of sp³-hybridized carbons (Fsp3) is 0.250. The molecule has 1 aromatic rings. The van der Waals surface area contributed by atoms with Crippen LogP contribution in [0.15, 0.2) is 12.3 Å². The molecule has 5 heteroatoms. The molecule has 0 aliphatic rings. The molecule has 0 aliphatic carbocycles. The lowest BCUT2D eigenvalue weighted by Crippen LogP contribution is -2.10. The molecule has 1 aromatic heterocycles. The summed E-state index contributed by atoms with van der Waals surface area (Å²) in [4.78, 5) is 14.2. The van der Waals surface area contributed by atoms with E-state index in [0.29, 0.717) is 9.45 Å². The fourth-order valence-electron chi connectivity index (χ4n) is 0.766. The minimum atomic E-state index is -0.989. The molecule has 13 heavy (non-hydrogen) atoms. The highest BCUT2D eigenvalue weighted by Gasteiger charge is 2.04. The molecule has 0 amide bonds. The second-order valence-electron chi connectivity index (χ2n) is 2.48. The van der Waals surface area contributed by atoms with Crippen molar-refractivity contribution >= 4 is 28.6 Å². The maximum Gasteiger partial charge on any atom is 0.341 e. The molecular formula is C8H8INO3. The Morgan fingerprint density at radius 3 is 3.08 bits per heavy atom. The average Bonchev–Trinajstić information content (AvgIpc) is 2.06. The summed E-state index contributed by atoms with van der Waals surface area (Å²) in [7, 11) is 0. The molecular weight excluding hydrogens is 285 g/mol. The van der Waals surface area contributed by atoms with Crippen LogP contribution in [0.2, 0.25) is 0 Å². The lowest BCUT2D eigenvalue weighted by Gasteiger charge is -2.05. The summed E-state index contributed by atoms with van der Waals surface area (Å²) in [6.07, 6.45) is 1.70. The van der Waals surface area contributed by atoms with E-state index in [4.69, 9.17) is 9.84 Å². The van der Waals surface area contributed by atoms with Crippen LogP contribution in [0.1, 0.15) is 5.56 Å². The summed E-state index contributed by atoms with van der Waals surface area (Å²) in [5.41, 5.74) is 0.945. The number of aliphatic carboxylic acids is 1. The lowest BCUT2D eigenvalue weighted by molar-refractivity contribution is -0.139. The molecule has 1 heterocycles.